The summed E-state index contributed by atoms with van der Waals surface area (Å²) in [7, 11) is 1.83. The lowest BCUT2D eigenvalue weighted by molar-refractivity contribution is 0.0298. The lowest BCUT2D eigenvalue weighted by atomic mass is 10.1. The van der Waals surface area contributed by atoms with E-state index in [0.29, 0.717) is 37.0 Å². The zero-order chi connectivity index (χ0) is 14.8. The summed E-state index contributed by atoms with van der Waals surface area (Å²) >= 11 is 5.90. The molecule has 1 aliphatic rings. The molecule has 110 valence electrons. The van der Waals surface area contributed by atoms with Crippen LogP contribution in [0.4, 0.5) is 0 Å². The molecule has 5 nitrogen and oxygen atoms in total. The van der Waals surface area contributed by atoms with E-state index in [0.717, 1.165) is 11.3 Å². The number of nitrogens with zero attached hydrogens (tertiary/aromatic N) is 3. The fraction of sp³-hybridized carbons (Fsp3) is 0.333. The van der Waals surface area contributed by atoms with Crippen LogP contribution in [0.25, 0.3) is 11.3 Å². The lowest BCUT2D eigenvalue weighted by Gasteiger charge is -2.25. The Kier molecular flexibility index (Phi) is 3.94. The van der Waals surface area contributed by atoms with Gasteiger partial charge >= 0.3 is 0 Å². The molecule has 3 rings (SSSR count). The molecule has 21 heavy (non-hydrogen) atoms. The van der Waals surface area contributed by atoms with Crippen molar-refractivity contribution in [2.45, 2.75) is 0 Å². The van der Waals surface area contributed by atoms with Crippen LogP contribution in [-0.2, 0) is 11.8 Å². The van der Waals surface area contributed by atoms with Crippen molar-refractivity contribution in [2.75, 3.05) is 26.3 Å². The molecule has 0 unspecified atom stereocenters. The molecule has 1 fully saturated rings. The number of halogens is 1. The van der Waals surface area contributed by atoms with Crippen molar-refractivity contribution in [1.29, 1.82) is 0 Å². The molecule has 0 atom stereocenters. The number of carbonyl (C=O) groups excluding carboxylic acids is 1. The third-order valence-corrected chi connectivity index (χ3v) is 3.79. The predicted molar refractivity (Wildman–Crippen MR) is 80.4 cm³/mol. The lowest BCUT2D eigenvalue weighted by Crippen LogP contribution is -2.40. The highest BCUT2D eigenvalue weighted by atomic mass is 35.5. The van der Waals surface area contributed by atoms with Crippen molar-refractivity contribution < 1.29 is 9.53 Å². The first-order valence-corrected chi connectivity index (χ1v) is 7.20. The number of aromatic nitrogens is 2. The number of aryl methyl sites for hydroxylation is 1. The molecular weight excluding hydrogens is 290 g/mol. The summed E-state index contributed by atoms with van der Waals surface area (Å²) in [4.78, 5) is 14.2. The van der Waals surface area contributed by atoms with Crippen LogP contribution >= 0.6 is 11.6 Å². The van der Waals surface area contributed by atoms with Crippen molar-refractivity contribution in [1.82, 2.24) is 14.7 Å². The average molecular weight is 306 g/mol. The van der Waals surface area contributed by atoms with Crippen molar-refractivity contribution in [3.8, 4) is 11.3 Å². The molecule has 0 N–H and O–H groups in total. The molecule has 0 radical (unpaired) electrons. The van der Waals surface area contributed by atoms with Gasteiger partial charge in [-0.15, -0.1) is 0 Å². The molecule has 1 aliphatic heterocycles. The van der Waals surface area contributed by atoms with Gasteiger partial charge in [0.25, 0.3) is 5.91 Å². The first-order chi connectivity index (χ1) is 10.1. The van der Waals surface area contributed by atoms with E-state index in [9.17, 15) is 4.79 Å². The van der Waals surface area contributed by atoms with E-state index in [1.54, 1.807) is 9.58 Å². The molecule has 6 heteroatoms. The van der Waals surface area contributed by atoms with E-state index in [2.05, 4.69) is 5.10 Å². The van der Waals surface area contributed by atoms with Crippen LogP contribution in [0.5, 0.6) is 0 Å². The second kappa shape index (κ2) is 5.87. The van der Waals surface area contributed by atoms with Crippen LogP contribution in [0.15, 0.2) is 30.3 Å². The maximum Gasteiger partial charge on any atom is 0.274 e. The van der Waals surface area contributed by atoms with Gasteiger partial charge in [-0.25, -0.2) is 0 Å². The zero-order valence-corrected chi connectivity index (χ0v) is 12.5. The summed E-state index contributed by atoms with van der Waals surface area (Å²) < 4.78 is 6.98. The molecule has 1 amide bonds. The van der Waals surface area contributed by atoms with Gasteiger partial charge in [-0.3, -0.25) is 9.48 Å². The van der Waals surface area contributed by atoms with Gasteiger partial charge in [0.15, 0.2) is 5.69 Å². The largest absolute Gasteiger partial charge is 0.378 e. The Morgan fingerprint density at radius 2 is 1.90 bits per heavy atom. The zero-order valence-electron chi connectivity index (χ0n) is 11.8. The first-order valence-electron chi connectivity index (χ1n) is 6.82. The third-order valence-electron chi connectivity index (χ3n) is 3.54. The van der Waals surface area contributed by atoms with Crippen LogP contribution in [0.3, 0.4) is 0 Å². The first kappa shape index (κ1) is 14.1. The van der Waals surface area contributed by atoms with E-state index < -0.39 is 0 Å². The Morgan fingerprint density at radius 3 is 2.57 bits per heavy atom. The monoisotopic (exact) mass is 305 g/mol. The Bertz CT molecular complexity index is 645. The van der Waals surface area contributed by atoms with Gasteiger partial charge in [0, 0.05) is 25.2 Å². The van der Waals surface area contributed by atoms with Crippen LogP contribution in [-0.4, -0.2) is 46.9 Å². The maximum atomic E-state index is 12.4. The normalized spacial score (nSPS) is 15.2. The summed E-state index contributed by atoms with van der Waals surface area (Å²) in [6.45, 7) is 2.41. The average Bonchev–Trinajstić information content (AvgIpc) is 2.90. The van der Waals surface area contributed by atoms with Crippen LogP contribution in [0, 0.1) is 0 Å². The molecule has 1 saturated heterocycles. The van der Waals surface area contributed by atoms with Gasteiger partial charge in [-0.2, -0.15) is 5.10 Å². The Morgan fingerprint density at radius 1 is 1.24 bits per heavy atom. The molecule has 0 bridgehead atoms. The second-order valence-corrected chi connectivity index (χ2v) is 5.39. The molecule has 2 heterocycles. The number of amides is 1. The highest BCUT2D eigenvalue weighted by Crippen LogP contribution is 2.22. The number of morpholine rings is 1. The smallest absolute Gasteiger partial charge is 0.274 e. The van der Waals surface area contributed by atoms with E-state index in [-0.39, 0.29) is 5.91 Å². The SMILES string of the molecule is Cn1nc(C(=O)N2CCOCC2)cc1-c1ccc(Cl)cc1. The topological polar surface area (TPSA) is 47.4 Å². The van der Waals surface area contributed by atoms with Crippen molar-refractivity contribution >= 4 is 17.5 Å². The summed E-state index contributed by atoms with van der Waals surface area (Å²) in [5.74, 6) is -0.0471. The fourth-order valence-corrected chi connectivity index (χ4v) is 2.52. The molecule has 0 spiro atoms. The predicted octanol–water partition coefficient (Wildman–Crippen LogP) is 2.21. The fourth-order valence-electron chi connectivity index (χ4n) is 2.39. The van der Waals surface area contributed by atoms with Gasteiger partial charge in [-0.05, 0) is 23.8 Å². The minimum atomic E-state index is -0.0471. The summed E-state index contributed by atoms with van der Waals surface area (Å²) in [5, 5.41) is 5.02. The van der Waals surface area contributed by atoms with Crippen molar-refractivity contribution in [3.05, 3.63) is 41.0 Å². The molecule has 1 aromatic carbocycles. The summed E-state index contributed by atoms with van der Waals surface area (Å²) in [6, 6.07) is 9.31. The van der Waals surface area contributed by atoms with Crippen LogP contribution in [0.1, 0.15) is 10.5 Å². The van der Waals surface area contributed by atoms with Gasteiger partial charge in [0.1, 0.15) is 0 Å². The number of carbonyl (C=O) groups is 1. The van der Waals surface area contributed by atoms with E-state index >= 15 is 0 Å². The molecule has 1 aromatic heterocycles. The highest BCUT2D eigenvalue weighted by molar-refractivity contribution is 6.30. The van der Waals surface area contributed by atoms with Crippen LogP contribution in [0.2, 0.25) is 5.02 Å². The van der Waals surface area contributed by atoms with Gasteiger partial charge in [0.05, 0.1) is 18.9 Å². The Balaban J connectivity index is 1.86. The highest BCUT2D eigenvalue weighted by Gasteiger charge is 2.22. The van der Waals surface area contributed by atoms with Gasteiger partial charge in [0.2, 0.25) is 0 Å². The van der Waals surface area contributed by atoms with E-state index in [1.807, 2.05) is 37.4 Å². The summed E-state index contributed by atoms with van der Waals surface area (Å²) in [5.41, 5.74) is 2.34. The Hall–Kier alpha value is -1.85. The van der Waals surface area contributed by atoms with Gasteiger partial charge < -0.3 is 9.64 Å². The van der Waals surface area contributed by atoms with Crippen molar-refractivity contribution in [3.63, 3.8) is 0 Å². The number of ether oxygens (including phenoxy) is 1. The maximum absolute atomic E-state index is 12.4. The number of hydrogen-bond acceptors (Lipinski definition) is 3. The quantitative estimate of drug-likeness (QED) is 0.854. The molecule has 0 aliphatic carbocycles. The molecular formula is C15H16ClN3O2. The van der Waals surface area contributed by atoms with E-state index in [4.69, 9.17) is 16.3 Å². The molecule has 0 saturated carbocycles. The molecule has 2 aromatic rings. The Labute approximate surface area is 128 Å². The standard InChI is InChI=1S/C15H16ClN3O2/c1-18-14(11-2-4-12(16)5-3-11)10-13(17-18)15(20)19-6-8-21-9-7-19/h2-5,10H,6-9H2,1H3. The van der Waals surface area contributed by atoms with Crippen LogP contribution < -0.4 is 0 Å². The third kappa shape index (κ3) is 2.94. The number of hydrogen-bond donors (Lipinski definition) is 0. The minimum Gasteiger partial charge on any atom is -0.378 e. The minimum absolute atomic E-state index is 0.0471. The second-order valence-electron chi connectivity index (χ2n) is 4.95. The number of rotatable bonds is 2. The number of benzene rings is 1. The van der Waals surface area contributed by atoms with Crippen molar-refractivity contribution in [2.24, 2.45) is 7.05 Å². The summed E-state index contributed by atoms with van der Waals surface area (Å²) in [6.07, 6.45) is 0. The van der Waals surface area contributed by atoms with Gasteiger partial charge in [-0.1, -0.05) is 23.7 Å². The van der Waals surface area contributed by atoms with E-state index in [1.165, 1.54) is 0 Å².